The molecular weight excluding hydrogens is 542 g/mol. The summed E-state index contributed by atoms with van der Waals surface area (Å²) in [5, 5.41) is 6.50. The molecule has 3 rings (SSSR count). The molecule has 0 aliphatic carbocycles. The molecule has 3 aromatic carbocycles. The van der Waals surface area contributed by atoms with Crippen LogP contribution in [0.3, 0.4) is 0 Å². The molecule has 2 N–H and O–H groups in total. The van der Waals surface area contributed by atoms with E-state index in [1.54, 1.807) is 30.3 Å². The fourth-order valence-electron chi connectivity index (χ4n) is 3.19. The maximum atomic E-state index is 12.3. The van der Waals surface area contributed by atoms with Crippen LogP contribution in [0.2, 0.25) is 0 Å². The normalized spacial score (nSPS) is 10.6. The van der Waals surface area contributed by atoms with Crippen molar-refractivity contribution in [1.82, 2.24) is 10.7 Å². The zero-order valence-corrected chi connectivity index (χ0v) is 22.3. The van der Waals surface area contributed by atoms with Crippen molar-refractivity contribution < 1.29 is 28.5 Å². The van der Waals surface area contributed by atoms with Gasteiger partial charge in [-0.25, -0.2) is 5.43 Å². The lowest BCUT2D eigenvalue weighted by Gasteiger charge is -2.12. The highest BCUT2D eigenvalue weighted by Gasteiger charge is 2.12. The Kier molecular flexibility index (Phi) is 10.3. The lowest BCUT2D eigenvalue weighted by molar-refractivity contribution is -0.120. The maximum Gasteiger partial charge on any atom is 0.259 e. The molecule has 10 heteroatoms. The molecule has 0 aromatic heterocycles. The summed E-state index contributed by atoms with van der Waals surface area (Å²) in [7, 11) is 2.99. The van der Waals surface area contributed by atoms with Gasteiger partial charge in [0.15, 0.2) is 23.0 Å². The highest BCUT2D eigenvalue weighted by atomic mass is 79.9. The van der Waals surface area contributed by atoms with Gasteiger partial charge in [-0.3, -0.25) is 9.59 Å². The van der Waals surface area contributed by atoms with E-state index in [-0.39, 0.29) is 6.54 Å². The van der Waals surface area contributed by atoms with Crippen LogP contribution in [0.15, 0.2) is 70.2 Å². The van der Waals surface area contributed by atoms with Crippen molar-refractivity contribution in [2.24, 2.45) is 5.10 Å². The molecule has 0 radical (unpaired) electrons. The molecule has 0 aliphatic heterocycles. The topological polar surface area (TPSA) is 107 Å². The third-order valence-corrected chi connectivity index (χ3v) is 5.56. The minimum Gasteiger partial charge on any atom is -0.493 e. The molecule has 0 aliphatic rings. The lowest BCUT2D eigenvalue weighted by Crippen LogP contribution is -2.34. The number of carbonyl (C=O) groups is 2. The van der Waals surface area contributed by atoms with Gasteiger partial charge in [0.05, 0.1) is 33.6 Å². The van der Waals surface area contributed by atoms with Crippen LogP contribution < -0.4 is 29.7 Å². The first kappa shape index (κ1) is 27.5. The van der Waals surface area contributed by atoms with Crippen LogP contribution in [-0.2, 0) is 11.4 Å². The quantitative estimate of drug-likeness (QED) is 0.248. The summed E-state index contributed by atoms with van der Waals surface area (Å²) in [4.78, 5) is 24.5. The Morgan fingerprint density at radius 3 is 2.32 bits per heavy atom. The van der Waals surface area contributed by atoms with E-state index in [0.717, 1.165) is 10.0 Å². The average Bonchev–Trinajstić information content (AvgIpc) is 2.92. The highest BCUT2D eigenvalue weighted by Crippen LogP contribution is 2.29. The predicted octanol–water partition coefficient (Wildman–Crippen LogP) is 4.32. The van der Waals surface area contributed by atoms with Gasteiger partial charge in [-0.15, -0.1) is 0 Å². The molecule has 37 heavy (non-hydrogen) atoms. The fourth-order valence-corrected chi connectivity index (χ4v) is 3.46. The smallest absolute Gasteiger partial charge is 0.259 e. The number of carbonyl (C=O) groups excluding carboxylic acids is 2. The minimum absolute atomic E-state index is 0.252. The van der Waals surface area contributed by atoms with Crippen molar-refractivity contribution in [3.8, 4) is 23.0 Å². The van der Waals surface area contributed by atoms with E-state index < -0.39 is 11.8 Å². The van der Waals surface area contributed by atoms with Crippen molar-refractivity contribution in [1.29, 1.82) is 0 Å². The molecule has 0 fully saturated rings. The summed E-state index contributed by atoms with van der Waals surface area (Å²) in [6, 6.07) is 18.0. The Morgan fingerprint density at radius 1 is 0.892 bits per heavy atom. The Morgan fingerprint density at radius 2 is 1.62 bits per heavy atom. The third-order valence-electron chi connectivity index (χ3n) is 5.03. The zero-order valence-electron chi connectivity index (χ0n) is 20.7. The number of nitrogens with one attached hydrogen (secondary N) is 2. The number of rotatable bonds is 12. The molecule has 0 unspecified atom stereocenters. The Hall–Kier alpha value is -4.05. The van der Waals surface area contributed by atoms with Crippen LogP contribution in [0.5, 0.6) is 23.0 Å². The SMILES string of the molecule is CCOc1cc(C=NNC(=O)CNC(=O)c2ccc(OC)c(OC)c2)ccc1OCc1ccc(Br)cc1. The summed E-state index contributed by atoms with van der Waals surface area (Å²) in [5.74, 6) is 1.17. The van der Waals surface area contributed by atoms with Crippen molar-refractivity contribution in [2.75, 3.05) is 27.4 Å². The molecular formula is C27H28BrN3O6. The maximum absolute atomic E-state index is 12.3. The van der Waals surface area contributed by atoms with Gasteiger partial charge in [0.25, 0.3) is 11.8 Å². The number of hydrogen-bond acceptors (Lipinski definition) is 7. The summed E-state index contributed by atoms with van der Waals surface area (Å²) in [6.45, 7) is 2.49. The number of methoxy groups -OCH3 is 2. The Labute approximate surface area is 223 Å². The summed E-state index contributed by atoms with van der Waals surface area (Å²) < 4.78 is 23.0. The van der Waals surface area contributed by atoms with Crippen LogP contribution in [0.1, 0.15) is 28.4 Å². The standard InChI is InChI=1S/C27H28BrN3O6/c1-4-36-25-13-19(7-11-23(25)37-17-18-5-9-21(28)10-6-18)15-30-31-26(32)16-29-27(33)20-8-12-22(34-2)24(14-20)35-3/h5-15H,4,16-17H2,1-3H3,(H,29,33)(H,31,32). The minimum atomic E-state index is -0.482. The van der Waals surface area contributed by atoms with Crippen molar-refractivity contribution in [2.45, 2.75) is 13.5 Å². The van der Waals surface area contributed by atoms with Gasteiger partial charge in [-0.05, 0) is 66.6 Å². The summed E-state index contributed by atoms with van der Waals surface area (Å²) in [5.41, 5.74) is 4.45. The van der Waals surface area contributed by atoms with Gasteiger partial charge >= 0.3 is 0 Å². The lowest BCUT2D eigenvalue weighted by atomic mass is 10.2. The summed E-state index contributed by atoms with van der Waals surface area (Å²) in [6.07, 6.45) is 1.48. The van der Waals surface area contributed by atoms with Gasteiger partial charge in [0.2, 0.25) is 0 Å². The van der Waals surface area contributed by atoms with Crippen LogP contribution in [-0.4, -0.2) is 45.4 Å². The number of nitrogens with zero attached hydrogens (tertiary/aromatic N) is 1. The van der Waals surface area contributed by atoms with Gasteiger partial charge in [0.1, 0.15) is 6.61 Å². The van der Waals surface area contributed by atoms with Crippen molar-refractivity contribution in [3.05, 3.63) is 81.8 Å². The van der Waals surface area contributed by atoms with E-state index in [1.807, 2.05) is 31.2 Å². The van der Waals surface area contributed by atoms with Crippen LogP contribution >= 0.6 is 15.9 Å². The fraction of sp³-hybridized carbons (Fsp3) is 0.222. The third kappa shape index (κ3) is 8.25. The highest BCUT2D eigenvalue weighted by molar-refractivity contribution is 9.10. The number of ether oxygens (including phenoxy) is 4. The molecule has 0 spiro atoms. The molecule has 0 saturated carbocycles. The summed E-state index contributed by atoms with van der Waals surface area (Å²) >= 11 is 3.42. The molecule has 0 saturated heterocycles. The second-order valence-corrected chi connectivity index (χ2v) is 8.52. The molecule has 0 atom stereocenters. The number of halogens is 1. The zero-order chi connectivity index (χ0) is 26.6. The first-order chi connectivity index (χ1) is 17.9. The largest absolute Gasteiger partial charge is 0.493 e. The second-order valence-electron chi connectivity index (χ2n) is 7.60. The number of benzene rings is 3. The molecule has 9 nitrogen and oxygen atoms in total. The Balaban J connectivity index is 1.53. The monoisotopic (exact) mass is 569 g/mol. The molecule has 0 heterocycles. The first-order valence-corrected chi connectivity index (χ1v) is 12.2. The van der Waals surface area contributed by atoms with Crippen LogP contribution in [0.4, 0.5) is 0 Å². The number of amides is 2. The second kappa shape index (κ2) is 13.9. The number of hydrogen-bond donors (Lipinski definition) is 2. The number of hydrazone groups is 1. The van der Waals surface area contributed by atoms with Crippen LogP contribution in [0.25, 0.3) is 0 Å². The van der Waals surface area contributed by atoms with Crippen LogP contribution in [0, 0.1) is 0 Å². The van der Waals surface area contributed by atoms with Gasteiger partial charge in [0, 0.05) is 10.0 Å². The van der Waals surface area contributed by atoms with E-state index in [4.69, 9.17) is 18.9 Å². The van der Waals surface area contributed by atoms with Crippen molar-refractivity contribution in [3.63, 3.8) is 0 Å². The van der Waals surface area contributed by atoms with E-state index in [0.29, 0.717) is 47.3 Å². The van der Waals surface area contributed by atoms with Crippen molar-refractivity contribution >= 4 is 34.0 Å². The molecule has 194 valence electrons. The molecule has 3 aromatic rings. The average molecular weight is 570 g/mol. The molecule has 0 bridgehead atoms. The van der Waals surface area contributed by atoms with E-state index in [9.17, 15) is 9.59 Å². The van der Waals surface area contributed by atoms with Gasteiger partial charge in [-0.1, -0.05) is 28.1 Å². The van der Waals surface area contributed by atoms with Gasteiger partial charge < -0.3 is 24.3 Å². The van der Waals surface area contributed by atoms with E-state index >= 15 is 0 Å². The van der Waals surface area contributed by atoms with E-state index in [2.05, 4.69) is 31.8 Å². The van der Waals surface area contributed by atoms with Gasteiger partial charge in [-0.2, -0.15) is 5.10 Å². The first-order valence-electron chi connectivity index (χ1n) is 11.4. The predicted molar refractivity (Wildman–Crippen MR) is 144 cm³/mol. The molecule has 2 amide bonds. The Bertz CT molecular complexity index is 1250. The van der Waals surface area contributed by atoms with E-state index in [1.165, 1.54) is 26.5 Å².